The lowest BCUT2D eigenvalue weighted by atomic mass is 10.0. The summed E-state index contributed by atoms with van der Waals surface area (Å²) in [7, 11) is 0. The Morgan fingerprint density at radius 3 is 2.27 bits per heavy atom. The van der Waals surface area contributed by atoms with Crippen molar-refractivity contribution >= 4 is 49.8 Å². The summed E-state index contributed by atoms with van der Waals surface area (Å²) in [4.78, 5) is 12.2. The highest BCUT2D eigenvalue weighted by atomic mass is 15.2. The monoisotopic (exact) mass is 564 g/mol. The van der Waals surface area contributed by atoms with E-state index < -0.39 is 0 Å². The van der Waals surface area contributed by atoms with E-state index in [-0.39, 0.29) is 0 Å². The van der Waals surface area contributed by atoms with Crippen LogP contribution in [-0.4, -0.2) is 14.5 Å². The second-order valence-electron chi connectivity index (χ2n) is 11.4. The second kappa shape index (κ2) is 9.92. The Hall–Kier alpha value is -5.74. The topological polar surface area (TPSA) is 34.0 Å². The number of pyridine rings is 2. The number of fused-ring (bicyclic) bond motifs is 6. The van der Waals surface area contributed by atoms with E-state index in [1.165, 1.54) is 33.3 Å². The molecule has 4 nitrogen and oxygen atoms in total. The third-order valence-electron chi connectivity index (χ3n) is 8.91. The van der Waals surface area contributed by atoms with Gasteiger partial charge in [0.15, 0.2) is 0 Å². The second-order valence-corrected chi connectivity index (χ2v) is 11.4. The minimum Gasteiger partial charge on any atom is -0.310 e. The van der Waals surface area contributed by atoms with Crippen molar-refractivity contribution in [1.82, 2.24) is 14.5 Å². The predicted octanol–water partition coefficient (Wildman–Crippen LogP) is 9.96. The zero-order valence-electron chi connectivity index (χ0n) is 24.1. The highest BCUT2D eigenvalue weighted by Crippen LogP contribution is 2.45. The minimum absolute atomic E-state index is 0.914. The van der Waals surface area contributed by atoms with Crippen LogP contribution in [0.25, 0.3) is 49.8 Å². The van der Waals surface area contributed by atoms with E-state index in [0.29, 0.717) is 0 Å². The first-order chi connectivity index (χ1) is 21.8. The van der Waals surface area contributed by atoms with E-state index in [1.54, 1.807) is 0 Å². The van der Waals surface area contributed by atoms with Gasteiger partial charge in [-0.2, -0.15) is 0 Å². The molecule has 0 saturated carbocycles. The van der Waals surface area contributed by atoms with Crippen LogP contribution in [0.1, 0.15) is 11.1 Å². The largest absolute Gasteiger partial charge is 0.310 e. The molecule has 0 spiro atoms. The summed E-state index contributed by atoms with van der Waals surface area (Å²) in [6.07, 6.45) is 3.83. The highest BCUT2D eigenvalue weighted by Gasteiger charge is 2.24. The predicted molar refractivity (Wildman–Crippen MR) is 181 cm³/mol. The van der Waals surface area contributed by atoms with E-state index in [0.717, 1.165) is 57.5 Å². The van der Waals surface area contributed by atoms with Crippen LogP contribution in [0.2, 0.25) is 0 Å². The third-order valence-corrected chi connectivity index (χ3v) is 8.91. The molecule has 0 N–H and O–H groups in total. The number of anilines is 3. The maximum atomic E-state index is 5.04. The zero-order valence-corrected chi connectivity index (χ0v) is 24.1. The molecule has 0 unspecified atom stereocenters. The average Bonchev–Trinajstić information content (AvgIpc) is 3.32. The molecular weight excluding hydrogens is 536 g/mol. The van der Waals surface area contributed by atoms with Crippen molar-refractivity contribution in [2.45, 2.75) is 12.8 Å². The standard InChI is InChI=1S/C40H28N4/c1-4-12-34-27(9-1)20-23-35(42-34)30-19-18-29-17-16-28-10-2-5-13-36(28)43(38(29)25-30)31-21-22-33-32-11-3-6-14-37(32)44(39(33)26-31)40-15-7-8-24-41-40/h1-15,18-26H,16-17H2. The molecule has 9 rings (SSSR count). The fraction of sp³-hybridized carbons (Fsp3) is 0.0500. The van der Waals surface area contributed by atoms with E-state index in [9.17, 15) is 0 Å². The number of hydrogen-bond donors (Lipinski definition) is 0. The highest BCUT2D eigenvalue weighted by molar-refractivity contribution is 6.10. The summed E-state index contributed by atoms with van der Waals surface area (Å²) in [5.41, 5.74) is 11.6. The normalized spacial score (nSPS) is 12.8. The molecule has 0 saturated heterocycles. The van der Waals surface area contributed by atoms with Crippen molar-refractivity contribution in [3.05, 3.63) is 157 Å². The molecule has 0 bridgehead atoms. The van der Waals surface area contributed by atoms with Crippen molar-refractivity contribution in [2.24, 2.45) is 0 Å². The first-order valence-electron chi connectivity index (χ1n) is 15.1. The van der Waals surface area contributed by atoms with Crippen LogP contribution in [0.3, 0.4) is 0 Å². The number of rotatable bonds is 3. The molecule has 0 radical (unpaired) electrons. The molecule has 3 aromatic heterocycles. The third kappa shape index (κ3) is 3.92. The van der Waals surface area contributed by atoms with Crippen molar-refractivity contribution in [1.29, 1.82) is 0 Å². The Morgan fingerprint density at radius 1 is 0.545 bits per heavy atom. The van der Waals surface area contributed by atoms with Crippen LogP contribution >= 0.6 is 0 Å². The van der Waals surface area contributed by atoms with Gasteiger partial charge >= 0.3 is 0 Å². The molecule has 5 aromatic carbocycles. The van der Waals surface area contributed by atoms with Crippen molar-refractivity contribution in [3.8, 4) is 17.1 Å². The SMILES string of the molecule is c1ccc(-n2c3ccccc3c3ccc(N4c5ccccc5CCc5ccc(-c6ccc7ccccc7n6)cc54)cc32)nc1. The zero-order chi connectivity index (χ0) is 29.0. The van der Waals surface area contributed by atoms with Gasteiger partial charge in [0.2, 0.25) is 0 Å². The van der Waals surface area contributed by atoms with Gasteiger partial charge in [-0.15, -0.1) is 0 Å². The van der Waals surface area contributed by atoms with Crippen molar-refractivity contribution < 1.29 is 0 Å². The summed E-state index contributed by atoms with van der Waals surface area (Å²) in [6.45, 7) is 0. The van der Waals surface area contributed by atoms with Crippen LogP contribution < -0.4 is 4.90 Å². The molecule has 208 valence electrons. The van der Waals surface area contributed by atoms with Gasteiger partial charge in [0.1, 0.15) is 5.82 Å². The summed E-state index contributed by atoms with van der Waals surface area (Å²) in [5.74, 6) is 0.914. The fourth-order valence-corrected chi connectivity index (χ4v) is 6.82. The smallest absolute Gasteiger partial charge is 0.137 e. The Labute approximate surface area is 255 Å². The number of para-hydroxylation sites is 3. The van der Waals surface area contributed by atoms with Gasteiger partial charge in [0, 0.05) is 39.3 Å². The molecule has 0 amide bonds. The number of benzene rings is 5. The van der Waals surface area contributed by atoms with Crippen molar-refractivity contribution in [2.75, 3.05) is 4.90 Å². The molecule has 4 heteroatoms. The summed E-state index contributed by atoms with van der Waals surface area (Å²) in [6, 6.07) is 49.9. The Bertz CT molecular complexity index is 2350. The summed E-state index contributed by atoms with van der Waals surface area (Å²) in [5, 5.41) is 3.59. The van der Waals surface area contributed by atoms with Crippen LogP contribution in [0.5, 0.6) is 0 Å². The van der Waals surface area contributed by atoms with Crippen LogP contribution in [0.4, 0.5) is 17.1 Å². The number of aromatic nitrogens is 3. The quantitative estimate of drug-likeness (QED) is 0.214. The van der Waals surface area contributed by atoms with E-state index in [4.69, 9.17) is 9.97 Å². The Kier molecular flexibility index (Phi) is 5.60. The maximum Gasteiger partial charge on any atom is 0.137 e. The number of nitrogens with zero attached hydrogens (tertiary/aromatic N) is 4. The Balaban J connectivity index is 1.29. The van der Waals surface area contributed by atoms with Gasteiger partial charge in [-0.25, -0.2) is 9.97 Å². The molecule has 0 atom stereocenters. The first-order valence-corrected chi connectivity index (χ1v) is 15.1. The van der Waals surface area contributed by atoms with Crippen LogP contribution in [0.15, 0.2) is 146 Å². The minimum atomic E-state index is 0.914. The lowest BCUT2D eigenvalue weighted by Crippen LogP contribution is -2.12. The van der Waals surface area contributed by atoms with Crippen LogP contribution in [-0.2, 0) is 12.8 Å². The van der Waals surface area contributed by atoms with Gasteiger partial charge in [0.25, 0.3) is 0 Å². The lowest BCUT2D eigenvalue weighted by Gasteiger charge is -2.28. The average molecular weight is 565 g/mol. The summed E-state index contributed by atoms with van der Waals surface area (Å²) >= 11 is 0. The van der Waals surface area contributed by atoms with E-state index in [2.05, 4.69) is 143 Å². The summed E-state index contributed by atoms with van der Waals surface area (Å²) < 4.78 is 2.29. The molecule has 0 fully saturated rings. The van der Waals surface area contributed by atoms with Gasteiger partial charge < -0.3 is 4.90 Å². The van der Waals surface area contributed by atoms with Crippen molar-refractivity contribution in [3.63, 3.8) is 0 Å². The molecule has 44 heavy (non-hydrogen) atoms. The van der Waals surface area contributed by atoms with Gasteiger partial charge in [-0.3, -0.25) is 4.57 Å². The van der Waals surface area contributed by atoms with E-state index >= 15 is 0 Å². The van der Waals surface area contributed by atoms with Gasteiger partial charge in [-0.1, -0.05) is 84.9 Å². The Morgan fingerprint density at radius 2 is 1.34 bits per heavy atom. The molecule has 1 aliphatic heterocycles. The molecule has 0 aliphatic carbocycles. The number of hydrogen-bond acceptors (Lipinski definition) is 3. The lowest BCUT2D eigenvalue weighted by molar-refractivity contribution is 0.978. The number of aryl methyl sites for hydroxylation is 2. The first kappa shape index (κ1) is 24.8. The molecular formula is C40H28N4. The van der Waals surface area contributed by atoms with E-state index in [1.807, 2.05) is 12.3 Å². The fourth-order valence-electron chi connectivity index (χ4n) is 6.82. The van der Waals surface area contributed by atoms with Gasteiger partial charge in [-0.05, 0) is 78.6 Å². The van der Waals surface area contributed by atoms with Crippen LogP contribution in [0, 0.1) is 0 Å². The molecule has 1 aliphatic rings. The molecule has 4 heterocycles. The maximum absolute atomic E-state index is 5.04. The van der Waals surface area contributed by atoms with Gasteiger partial charge in [0.05, 0.1) is 27.9 Å². The molecule has 8 aromatic rings.